The highest BCUT2D eigenvalue weighted by atomic mass is 79.9. The Bertz CT molecular complexity index is 748. The van der Waals surface area contributed by atoms with Gasteiger partial charge in [0.25, 0.3) is 0 Å². The van der Waals surface area contributed by atoms with Gasteiger partial charge in [-0.1, -0.05) is 30.3 Å². The maximum absolute atomic E-state index is 5.76. The minimum atomic E-state index is 0.152. The summed E-state index contributed by atoms with van der Waals surface area (Å²) in [4.78, 5) is 7.89. The standard InChI is InChI=1S/C14H8BrClN2O/c15-12-8-17-14(16)18-13(12)19-11-6-5-9-3-1-2-4-10(9)7-11/h1-8H. The van der Waals surface area contributed by atoms with E-state index in [2.05, 4.69) is 32.0 Å². The summed E-state index contributed by atoms with van der Waals surface area (Å²) >= 11 is 9.08. The molecule has 0 aliphatic carbocycles. The Morgan fingerprint density at radius 3 is 2.68 bits per heavy atom. The minimum absolute atomic E-state index is 0.152. The molecule has 0 fully saturated rings. The molecule has 0 spiro atoms. The highest BCUT2D eigenvalue weighted by Crippen LogP contribution is 2.29. The van der Waals surface area contributed by atoms with E-state index in [0.29, 0.717) is 16.1 Å². The molecule has 3 rings (SSSR count). The van der Waals surface area contributed by atoms with Crippen molar-refractivity contribution in [2.75, 3.05) is 0 Å². The van der Waals surface area contributed by atoms with Crippen LogP contribution in [0, 0.1) is 0 Å². The fraction of sp³-hybridized carbons (Fsp3) is 0. The Hall–Kier alpha value is -1.65. The summed E-state index contributed by atoms with van der Waals surface area (Å²) < 4.78 is 6.37. The predicted octanol–water partition coefficient (Wildman–Crippen LogP) is 4.84. The quantitative estimate of drug-likeness (QED) is 0.629. The molecule has 0 radical (unpaired) electrons. The van der Waals surface area contributed by atoms with E-state index in [4.69, 9.17) is 16.3 Å². The Balaban J connectivity index is 1.98. The number of nitrogens with zero attached hydrogens (tertiary/aromatic N) is 2. The number of rotatable bonds is 2. The largest absolute Gasteiger partial charge is 0.438 e. The SMILES string of the molecule is Clc1ncc(Br)c(Oc2ccc3ccccc3c2)n1. The van der Waals surface area contributed by atoms with Gasteiger partial charge in [-0.2, -0.15) is 4.98 Å². The summed E-state index contributed by atoms with van der Waals surface area (Å²) in [5, 5.41) is 2.42. The van der Waals surface area contributed by atoms with Crippen LogP contribution < -0.4 is 4.74 Å². The van der Waals surface area contributed by atoms with Crippen molar-refractivity contribution in [3.63, 3.8) is 0 Å². The van der Waals surface area contributed by atoms with Gasteiger partial charge in [0.1, 0.15) is 5.75 Å². The van der Waals surface area contributed by atoms with Crippen LogP contribution in [0.1, 0.15) is 0 Å². The van der Waals surface area contributed by atoms with Crippen molar-refractivity contribution >= 4 is 38.3 Å². The van der Waals surface area contributed by atoms with Crippen molar-refractivity contribution in [1.82, 2.24) is 9.97 Å². The highest BCUT2D eigenvalue weighted by Gasteiger charge is 2.07. The fourth-order valence-electron chi connectivity index (χ4n) is 1.75. The first-order valence-corrected chi connectivity index (χ1v) is 6.74. The van der Waals surface area contributed by atoms with E-state index < -0.39 is 0 Å². The number of fused-ring (bicyclic) bond motifs is 1. The summed E-state index contributed by atoms with van der Waals surface area (Å²) in [6.45, 7) is 0. The molecule has 94 valence electrons. The van der Waals surface area contributed by atoms with Crippen LogP contribution in [0.4, 0.5) is 0 Å². The topological polar surface area (TPSA) is 35.0 Å². The monoisotopic (exact) mass is 334 g/mol. The molecule has 0 bridgehead atoms. The maximum atomic E-state index is 5.76. The molecule has 5 heteroatoms. The van der Waals surface area contributed by atoms with Crippen LogP contribution in [0.15, 0.2) is 53.1 Å². The van der Waals surface area contributed by atoms with Gasteiger partial charge in [0.05, 0.1) is 4.47 Å². The Labute approximate surface area is 123 Å². The number of aromatic nitrogens is 2. The van der Waals surface area contributed by atoms with Gasteiger partial charge in [0.15, 0.2) is 0 Å². The van der Waals surface area contributed by atoms with Crippen LogP contribution in [0.25, 0.3) is 10.8 Å². The lowest BCUT2D eigenvalue weighted by atomic mass is 10.1. The van der Waals surface area contributed by atoms with Crippen molar-refractivity contribution < 1.29 is 4.74 Å². The second-order valence-electron chi connectivity index (χ2n) is 3.90. The van der Waals surface area contributed by atoms with E-state index in [1.165, 1.54) is 0 Å². The third-order valence-corrected chi connectivity index (χ3v) is 3.34. The molecule has 0 saturated heterocycles. The molecule has 0 aliphatic rings. The molecule has 3 nitrogen and oxygen atoms in total. The average Bonchev–Trinajstić information content (AvgIpc) is 2.43. The molecule has 0 aliphatic heterocycles. The molecule has 3 aromatic rings. The molecule has 1 aromatic heterocycles. The van der Waals surface area contributed by atoms with Crippen LogP contribution in [0.3, 0.4) is 0 Å². The van der Waals surface area contributed by atoms with Crippen LogP contribution >= 0.6 is 27.5 Å². The average molecular weight is 336 g/mol. The van der Waals surface area contributed by atoms with Gasteiger partial charge in [0, 0.05) is 6.20 Å². The van der Waals surface area contributed by atoms with Gasteiger partial charge in [-0.15, -0.1) is 0 Å². The molecular formula is C14H8BrClN2O. The van der Waals surface area contributed by atoms with Crippen molar-refractivity contribution in [3.05, 3.63) is 58.4 Å². The van der Waals surface area contributed by atoms with Gasteiger partial charge in [-0.05, 0) is 50.4 Å². The third-order valence-electron chi connectivity index (χ3n) is 2.62. The Kier molecular flexibility index (Phi) is 3.36. The van der Waals surface area contributed by atoms with E-state index in [1.54, 1.807) is 6.20 Å². The van der Waals surface area contributed by atoms with Gasteiger partial charge >= 0.3 is 0 Å². The van der Waals surface area contributed by atoms with Crippen molar-refractivity contribution in [2.45, 2.75) is 0 Å². The molecule has 0 atom stereocenters. The zero-order valence-electron chi connectivity index (χ0n) is 9.68. The van der Waals surface area contributed by atoms with E-state index in [9.17, 15) is 0 Å². The van der Waals surface area contributed by atoms with Crippen LogP contribution in [-0.4, -0.2) is 9.97 Å². The smallest absolute Gasteiger partial charge is 0.237 e. The summed E-state index contributed by atoms with van der Waals surface area (Å²) in [5.41, 5.74) is 0. The number of ether oxygens (including phenoxy) is 1. The highest BCUT2D eigenvalue weighted by molar-refractivity contribution is 9.10. The van der Waals surface area contributed by atoms with Crippen molar-refractivity contribution in [2.24, 2.45) is 0 Å². The second-order valence-corrected chi connectivity index (χ2v) is 5.10. The second kappa shape index (κ2) is 5.15. The minimum Gasteiger partial charge on any atom is -0.438 e. The Morgan fingerprint density at radius 1 is 1.05 bits per heavy atom. The Morgan fingerprint density at radius 2 is 1.84 bits per heavy atom. The van der Waals surface area contributed by atoms with E-state index in [0.717, 1.165) is 10.8 Å². The molecule has 0 amide bonds. The van der Waals surface area contributed by atoms with Crippen LogP contribution in [0.5, 0.6) is 11.6 Å². The van der Waals surface area contributed by atoms with Gasteiger partial charge in [-0.3, -0.25) is 0 Å². The van der Waals surface area contributed by atoms with E-state index >= 15 is 0 Å². The first-order valence-electron chi connectivity index (χ1n) is 5.57. The van der Waals surface area contributed by atoms with Gasteiger partial charge in [-0.25, -0.2) is 4.98 Å². The summed E-state index contributed by atoms with van der Waals surface area (Å²) in [5.74, 6) is 1.10. The number of halogens is 2. The van der Waals surface area contributed by atoms with E-state index in [1.807, 2.05) is 36.4 Å². The molecule has 2 aromatic carbocycles. The summed E-state index contributed by atoms with van der Waals surface area (Å²) in [7, 11) is 0. The number of hydrogen-bond acceptors (Lipinski definition) is 3. The lowest BCUT2D eigenvalue weighted by Gasteiger charge is -2.07. The molecular weight excluding hydrogens is 328 g/mol. The first kappa shape index (κ1) is 12.4. The number of benzene rings is 2. The van der Waals surface area contributed by atoms with Crippen molar-refractivity contribution in [1.29, 1.82) is 0 Å². The molecule has 0 saturated carbocycles. The summed E-state index contributed by atoms with van der Waals surface area (Å²) in [6.07, 6.45) is 1.56. The predicted molar refractivity (Wildman–Crippen MR) is 78.8 cm³/mol. The molecule has 0 N–H and O–H groups in total. The lowest BCUT2D eigenvalue weighted by Crippen LogP contribution is -1.91. The van der Waals surface area contributed by atoms with Crippen molar-refractivity contribution in [3.8, 4) is 11.6 Å². The number of hydrogen-bond donors (Lipinski definition) is 0. The molecule has 1 heterocycles. The zero-order valence-corrected chi connectivity index (χ0v) is 12.0. The third kappa shape index (κ3) is 2.69. The van der Waals surface area contributed by atoms with Crippen LogP contribution in [-0.2, 0) is 0 Å². The normalized spacial score (nSPS) is 10.6. The zero-order chi connectivity index (χ0) is 13.2. The molecule has 0 unspecified atom stereocenters. The fourth-order valence-corrected chi connectivity index (χ4v) is 2.14. The van der Waals surface area contributed by atoms with Crippen LogP contribution in [0.2, 0.25) is 5.28 Å². The first-order chi connectivity index (χ1) is 9.22. The van der Waals surface area contributed by atoms with Gasteiger partial charge in [0.2, 0.25) is 11.2 Å². The molecule has 19 heavy (non-hydrogen) atoms. The van der Waals surface area contributed by atoms with E-state index in [-0.39, 0.29) is 5.28 Å². The summed E-state index contributed by atoms with van der Waals surface area (Å²) in [6, 6.07) is 13.9. The maximum Gasteiger partial charge on any atom is 0.237 e. The lowest BCUT2D eigenvalue weighted by molar-refractivity contribution is 0.459. The van der Waals surface area contributed by atoms with Gasteiger partial charge < -0.3 is 4.74 Å².